The number of carbonyl (C=O) groups is 1. The van der Waals surface area contributed by atoms with Crippen LogP contribution in [0.3, 0.4) is 0 Å². The van der Waals surface area contributed by atoms with Crippen molar-refractivity contribution in [2.24, 2.45) is 0 Å². The van der Waals surface area contributed by atoms with Crippen molar-refractivity contribution in [1.29, 1.82) is 0 Å². The van der Waals surface area contributed by atoms with Gasteiger partial charge in [0, 0.05) is 5.56 Å². The highest BCUT2D eigenvalue weighted by Crippen LogP contribution is 2.43. The molecule has 8 nitrogen and oxygen atoms in total. The van der Waals surface area contributed by atoms with Crippen molar-refractivity contribution in [2.75, 3.05) is 27.9 Å². The van der Waals surface area contributed by atoms with Gasteiger partial charge in [-0.25, -0.2) is 4.79 Å². The molecule has 25 heavy (non-hydrogen) atoms. The maximum absolute atomic E-state index is 11.3. The third-order valence-corrected chi connectivity index (χ3v) is 3.42. The van der Waals surface area contributed by atoms with Crippen LogP contribution in [0.2, 0.25) is 0 Å². The van der Waals surface area contributed by atoms with Gasteiger partial charge in [-0.15, -0.1) is 10.2 Å². The number of esters is 1. The van der Waals surface area contributed by atoms with Crippen LogP contribution < -0.4 is 14.2 Å². The van der Waals surface area contributed by atoms with Gasteiger partial charge in [0.15, 0.2) is 18.1 Å². The number of carbonyl (C=O) groups excluding carboxylic acids is 1. The Labute approximate surface area is 157 Å². The fourth-order valence-corrected chi connectivity index (χ4v) is 2.02. The Morgan fingerprint density at radius 1 is 1.12 bits per heavy atom. The van der Waals surface area contributed by atoms with E-state index in [4.69, 9.17) is 53.4 Å². The number of halogens is 3. The van der Waals surface area contributed by atoms with Crippen molar-refractivity contribution in [3.8, 4) is 28.7 Å². The van der Waals surface area contributed by atoms with Crippen LogP contribution in [0.4, 0.5) is 0 Å². The van der Waals surface area contributed by atoms with Gasteiger partial charge < -0.3 is 23.4 Å². The van der Waals surface area contributed by atoms with Gasteiger partial charge in [0.25, 0.3) is 9.68 Å². The molecule has 0 radical (unpaired) electrons. The number of rotatable bonds is 6. The zero-order valence-electron chi connectivity index (χ0n) is 13.3. The first-order valence-corrected chi connectivity index (χ1v) is 7.80. The summed E-state index contributed by atoms with van der Waals surface area (Å²) in [5.41, 5.74) is 0.437. The van der Waals surface area contributed by atoms with Crippen LogP contribution in [-0.4, -0.2) is 44.1 Å². The molecule has 1 aromatic carbocycles. The summed E-state index contributed by atoms with van der Waals surface area (Å²) >= 11 is 17.1. The van der Waals surface area contributed by atoms with Gasteiger partial charge in [-0.1, -0.05) is 34.8 Å². The molecule has 136 valence electrons. The predicted octanol–water partition coefficient (Wildman–Crippen LogP) is 3.13. The lowest BCUT2D eigenvalue weighted by molar-refractivity contribution is -0.142. The Balaban J connectivity index is 2.41. The summed E-state index contributed by atoms with van der Waals surface area (Å²) in [5, 5.41) is 7.51. The molecule has 0 aliphatic heterocycles. The predicted molar refractivity (Wildman–Crippen MR) is 89.6 cm³/mol. The molecule has 0 N–H and O–H groups in total. The number of aromatic nitrogens is 2. The first-order valence-electron chi connectivity index (χ1n) is 6.66. The summed E-state index contributed by atoms with van der Waals surface area (Å²) in [6, 6.07) is 3.09. The highest BCUT2D eigenvalue weighted by molar-refractivity contribution is 6.66. The number of nitrogens with zero attached hydrogens (tertiary/aromatic N) is 2. The minimum atomic E-state index is -1.84. The summed E-state index contributed by atoms with van der Waals surface area (Å²) in [6.45, 7) is -0.319. The molecule has 0 spiro atoms. The topological polar surface area (TPSA) is 92.9 Å². The Kier molecular flexibility index (Phi) is 6.21. The zero-order chi connectivity index (χ0) is 18.6. The molecule has 2 aromatic rings. The number of benzene rings is 1. The molecule has 0 bridgehead atoms. The zero-order valence-corrected chi connectivity index (χ0v) is 15.6. The maximum Gasteiger partial charge on any atom is 0.343 e. The molecule has 0 aliphatic carbocycles. The molecule has 0 aliphatic rings. The number of methoxy groups -OCH3 is 3. The van der Waals surface area contributed by atoms with E-state index in [0.717, 1.165) is 0 Å². The first kappa shape index (κ1) is 19.4. The molecule has 0 atom stereocenters. The summed E-state index contributed by atoms with van der Waals surface area (Å²) < 4.78 is 24.0. The molecular formula is C14H13Cl3N2O6. The van der Waals surface area contributed by atoms with Gasteiger partial charge in [0.1, 0.15) is 0 Å². The molecule has 0 saturated carbocycles. The van der Waals surface area contributed by atoms with Crippen molar-refractivity contribution in [1.82, 2.24) is 10.2 Å². The highest BCUT2D eigenvalue weighted by atomic mass is 35.6. The summed E-state index contributed by atoms with van der Waals surface area (Å²) in [7, 11) is 4.09. The molecule has 2 rings (SSSR count). The molecule has 1 heterocycles. The van der Waals surface area contributed by atoms with Gasteiger partial charge in [-0.2, -0.15) is 0 Å². The van der Waals surface area contributed by atoms with Crippen LogP contribution in [0.25, 0.3) is 11.5 Å². The minimum absolute atomic E-state index is 0.0810. The quantitative estimate of drug-likeness (QED) is 0.529. The lowest BCUT2D eigenvalue weighted by Crippen LogP contribution is -2.13. The standard InChI is InChI=1S/C14H13Cl3N2O6/c1-21-8-4-7(12-18-19-13(25-12)14(15,16)17)5-9(22-2)11(8)24-6-10(20)23-3/h4-5H,6H2,1-3H3. The van der Waals surface area contributed by atoms with E-state index in [1.54, 1.807) is 12.1 Å². The third-order valence-electron chi connectivity index (χ3n) is 2.94. The Morgan fingerprint density at radius 3 is 2.16 bits per heavy atom. The van der Waals surface area contributed by atoms with Crippen LogP contribution in [0.5, 0.6) is 17.2 Å². The highest BCUT2D eigenvalue weighted by Gasteiger charge is 2.31. The van der Waals surface area contributed by atoms with Crippen LogP contribution in [0.1, 0.15) is 5.89 Å². The number of hydrogen-bond acceptors (Lipinski definition) is 8. The summed E-state index contributed by atoms with van der Waals surface area (Å²) in [6.07, 6.45) is 0. The molecular weight excluding hydrogens is 399 g/mol. The monoisotopic (exact) mass is 410 g/mol. The first-order chi connectivity index (χ1) is 11.8. The second-order valence-electron chi connectivity index (χ2n) is 4.48. The van der Waals surface area contributed by atoms with Crippen molar-refractivity contribution in [3.05, 3.63) is 18.0 Å². The van der Waals surface area contributed by atoms with Gasteiger partial charge in [0.2, 0.25) is 11.6 Å². The maximum atomic E-state index is 11.3. The van der Waals surface area contributed by atoms with Gasteiger partial charge in [0.05, 0.1) is 21.3 Å². The summed E-state index contributed by atoms with van der Waals surface area (Å²) in [5.74, 6) is 0.0883. The smallest absolute Gasteiger partial charge is 0.343 e. The normalized spacial score (nSPS) is 11.1. The Morgan fingerprint density at radius 2 is 1.72 bits per heavy atom. The average Bonchev–Trinajstić information content (AvgIpc) is 3.09. The van der Waals surface area contributed by atoms with Gasteiger partial charge in [-0.3, -0.25) is 0 Å². The fourth-order valence-electron chi connectivity index (χ4n) is 1.79. The lowest BCUT2D eigenvalue weighted by Gasteiger charge is -2.14. The van der Waals surface area contributed by atoms with Crippen molar-refractivity contribution < 1.29 is 28.2 Å². The number of ether oxygens (including phenoxy) is 4. The van der Waals surface area contributed by atoms with E-state index in [0.29, 0.717) is 5.56 Å². The molecule has 1 aromatic heterocycles. The van der Waals surface area contributed by atoms with Crippen molar-refractivity contribution >= 4 is 40.8 Å². The Hall–Kier alpha value is -1.90. The molecule has 0 saturated heterocycles. The molecule has 0 fully saturated rings. The number of alkyl halides is 3. The average molecular weight is 412 g/mol. The van der Waals surface area contributed by atoms with E-state index in [9.17, 15) is 4.79 Å². The fraction of sp³-hybridized carbons (Fsp3) is 0.357. The van der Waals surface area contributed by atoms with Crippen molar-refractivity contribution in [2.45, 2.75) is 3.79 Å². The second kappa shape index (κ2) is 7.99. The SMILES string of the molecule is COC(=O)COc1c(OC)cc(-c2nnc(C(Cl)(Cl)Cl)o2)cc1OC. The van der Waals surface area contributed by atoms with E-state index in [1.807, 2.05) is 0 Å². The van der Waals surface area contributed by atoms with E-state index in [2.05, 4.69) is 14.9 Å². The van der Waals surface area contributed by atoms with Crippen LogP contribution >= 0.6 is 34.8 Å². The Bertz CT molecular complexity index is 734. The van der Waals surface area contributed by atoms with Crippen molar-refractivity contribution in [3.63, 3.8) is 0 Å². The minimum Gasteiger partial charge on any atom is -0.493 e. The van der Waals surface area contributed by atoms with E-state index < -0.39 is 9.76 Å². The van der Waals surface area contributed by atoms with Crippen LogP contribution in [0.15, 0.2) is 16.5 Å². The lowest BCUT2D eigenvalue weighted by atomic mass is 10.2. The van der Waals surface area contributed by atoms with E-state index in [1.165, 1.54) is 21.3 Å². The van der Waals surface area contributed by atoms with Gasteiger partial charge >= 0.3 is 5.97 Å². The molecule has 11 heteroatoms. The van der Waals surface area contributed by atoms with Gasteiger partial charge in [-0.05, 0) is 12.1 Å². The molecule has 0 amide bonds. The molecule has 0 unspecified atom stereocenters. The van der Waals surface area contributed by atoms with Crippen LogP contribution in [0, 0.1) is 0 Å². The second-order valence-corrected chi connectivity index (χ2v) is 6.77. The van der Waals surface area contributed by atoms with Crippen LogP contribution in [-0.2, 0) is 13.3 Å². The van der Waals surface area contributed by atoms with E-state index >= 15 is 0 Å². The number of hydrogen-bond donors (Lipinski definition) is 0. The third kappa shape index (κ3) is 4.59. The van der Waals surface area contributed by atoms with E-state index in [-0.39, 0.29) is 35.6 Å². The largest absolute Gasteiger partial charge is 0.493 e. The summed E-state index contributed by atoms with van der Waals surface area (Å²) in [4.78, 5) is 11.3.